The number of hydrogen-bond acceptors (Lipinski definition) is 26. The molecule has 774 valence electrons. The van der Waals surface area contributed by atoms with Gasteiger partial charge in [0.2, 0.25) is 11.8 Å². The fourth-order valence-corrected chi connectivity index (χ4v) is 24.1. The molecule has 0 N–H and O–H groups in total. The summed E-state index contributed by atoms with van der Waals surface area (Å²) in [5.74, 6) is 3.63. The van der Waals surface area contributed by atoms with E-state index in [1.165, 1.54) is 126 Å². The lowest BCUT2D eigenvalue weighted by atomic mass is 9.66. The Balaban J connectivity index is 0.000000145. The van der Waals surface area contributed by atoms with Gasteiger partial charge in [0.1, 0.15) is 39.3 Å². The number of nitrogens with zero attached hydrogens (tertiary/aromatic N) is 20. The molecule has 0 aromatic rings. The van der Waals surface area contributed by atoms with Gasteiger partial charge in [-0.2, -0.15) is 0 Å². The van der Waals surface area contributed by atoms with Crippen molar-refractivity contribution in [1.82, 2.24) is 93.1 Å². The molecule has 8 amide bonds. The third kappa shape index (κ3) is 27.7. The van der Waals surface area contributed by atoms with Gasteiger partial charge in [-0.3, -0.25) is 29.0 Å². The topological polar surface area (TPSA) is 240 Å². The second-order valence-electron chi connectivity index (χ2n) is 46.7. The number of likely N-dealkylation sites (tertiary alicyclic amines) is 11. The van der Waals surface area contributed by atoms with Crippen LogP contribution in [0.25, 0.3) is 0 Å². The van der Waals surface area contributed by atoms with Crippen LogP contribution in [0.2, 0.25) is 0 Å². The van der Waals surface area contributed by atoms with Crippen LogP contribution in [-0.4, -0.2) is 477 Å². The zero-order valence-corrected chi connectivity index (χ0v) is 89.2. The van der Waals surface area contributed by atoms with E-state index in [2.05, 4.69) is 180 Å². The molecule has 0 atom stereocenters. The number of piperidine rings is 11. The summed E-state index contributed by atoms with van der Waals surface area (Å²) in [6, 6.07) is -0.176. The quantitative estimate of drug-likeness (QED) is 0.162. The molecule has 32 nitrogen and oxygen atoms in total. The Hall–Kier alpha value is -6.46. The van der Waals surface area contributed by atoms with Crippen LogP contribution < -0.4 is 0 Å². The van der Waals surface area contributed by atoms with Crippen LogP contribution in [-0.2, 0) is 43.0 Å². The smallest absolute Gasteiger partial charge is 0.410 e. The highest BCUT2D eigenvalue weighted by atomic mass is 16.7. The number of morpholine rings is 1. The number of urea groups is 1. The van der Waals surface area contributed by atoms with E-state index in [4.69, 9.17) is 23.8 Å². The Labute approximate surface area is 820 Å². The van der Waals surface area contributed by atoms with Gasteiger partial charge in [-0.25, -0.2) is 14.4 Å². The summed E-state index contributed by atoms with van der Waals surface area (Å²) in [6.07, 6.45) is 35.1. The lowest BCUT2D eigenvalue weighted by molar-refractivity contribution is -0.153. The van der Waals surface area contributed by atoms with E-state index in [0.29, 0.717) is 19.4 Å². The zero-order valence-electron chi connectivity index (χ0n) is 89.2. The van der Waals surface area contributed by atoms with E-state index < -0.39 is 5.54 Å². The molecule has 17 saturated heterocycles. The van der Waals surface area contributed by atoms with Gasteiger partial charge in [0.15, 0.2) is 5.88 Å². The van der Waals surface area contributed by atoms with Gasteiger partial charge >= 0.3 is 18.2 Å². The van der Waals surface area contributed by atoms with Gasteiger partial charge in [-0.05, 0) is 293 Å². The molecule has 0 radical (unpaired) electrons. The monoisotopic (exact) mass is 1910 g/mol. The maximum atomic E-state index is 12.2. The van der Waals surface area contributed by atoms with Crippen LogP contribution in [0.15, 0.2) is 42.3 Å². The molecule has 20 rings (SSSR count). The van der Waals surface area contributed by atoms with Gasteiger partial charge in [0, 0.05) is 212 Å². The van der Waals surface area contributed by atoms with E-state index in [1.54, 1.807) is 47.8 Å². The van der Waals surface area contributed by atoms with Gasteiger partial charge in [-0.15, -0.1) is 0 Å². The third-order valence-electron chi connectivity index (χ3n) is 35.9. The second kappa shape index (κ2) is 46.7. The lowest BCUT2D eigenvalue weighted by Crippen LogP contribution is -2.54. The van der Waals surface area contributed by atoms with E-state index in [-0.39, 0.29) is 80.8 Å². The van der Waals surface area contributed by atoms with Gasteiger partial charge in [0.25, 0.3) is 11.8 Å². The molecule has 0 aromatic heterocycles. The highest BCUT2D eigenvalue weighted by molar-refractivity contribution is 6.06. The standard InChI is InChI=1S/C12H23N.C11H19N3O.C11H18N2O2.C11H20N2O.C11H22N2.C10H17N3O2.C10H18N2O.C10H17NO2.C9H16N2O2.C9H16N2O/c1-11-3-5-12(6-4-11)7-9-13(2)10-8-12;1-9-13(3)10(15)11(14(9)4)5-7-12(2)8-6-11;1-12-5-3-11(4-6-12)7-9(14)13(2)10(15)8-11;1-10-8-14-11(9-13(10)3)4-6-12(2)7-5-11;1-12-7-3-11(4-8-12)5-9-13(2)10-6-11;1-11-6-4-10(5-7-11)8(14)12(2)9(15)13(10)3;1-9-12(3)8-10(13-9)4-6-11(2)7-5-10;1-8-3-5-10(6-4-8)7-11(2)9(12)13-10;1-10-5-3-9(4-6-10)7-11(2)8(12)13-9;1-8-7-9(12-10-8)3-5-11(2)6-4-9/h11H,3-10H2,1-2H3;1,5-8H2,2-4H3;3-8H2,1-2H3;1,4-9H2,2-3H3;3-10H2,1-2H3;4-7H2,1-3H3;1,4-8H2,2-3H3;8H,3-7H2,1-2H3;3-7H2,1-2H3;3-7H2,1-2H3. The number of carbonyl (C=O) groups is 7. The number of oxime groups is 1. The predicted molar refractivity (Wildman–Crippen MR) is 539 cm³/mol. The summed E-state index contributed by atoms with van der Waals surface area (Å²) >= 11 is 0. The Morgan fingerprint density at radius 3 is 0.904 bits per heavy atom. The van der Waals surface area contributed by atoms with Gasteiger partial charge in [-0.1, -0.05) is 45.0 Å². The Morgan fingerprint density at radius 1 is 0.301 bits per heavy atom. The first-order chi connectivity index (χ1) is 64.1. The van der Waals surface area contributed by atoms with Crippen LogP contribution in [0, 0.1) is 28.1 Å². The van der Waals surface area contributed by atoms with Crippen LogP contribution in [0.5, 0.6) is 0 Å². The number of carbonyl (C=O) groups excluding carboxylic acids is 7. The predicted octanol–water partition coefficient (Wildman–Crippen LogP) is 10.7. The molecule has 0 aromatic carbocycles. The minimum absolute atomic E-state index is 0.00389. The molecule has 19 fully saturated rings. The summed E-state index contributed by atoms with van der Waals surface area (Å²) in [4.78, 5) is 126. The molecular formula is C104H186N20O12. The van der Waals surface area contributed by atoms with E-state index in [0.717, 1.165) is 273 Å². The van der Waals surface area contributed by atoms with Crippen molar-refractivity contribution in [3.63, 3.8) is 0 Å². The zero-order chi connectivity index (χ0) is 99.3. The third-order valence-corrected chi connectivity index (χ3v) is 35.9. The molecule has 18 aliphatic heterocycles. The van der Waals surface area contributed by atoms with Crippen LogP contribution in [0.1, 0.15) is 220 Å². The average molecular weight is 1910 g/mol. The van der Waals surface area contributed by atoms with Crippen molar-refractivity contribution in [2.24, 2.45) is 33.2 Å². The van der Waals surface area contributed by atoms with Crippen molar-refractivity contribution in [3.05, 3.63) is 37.1 Å². The largest absolute Gasteiger partial charge is 0.471 e. The highest BCUT2D eigenvalue weighted by Crippen LogP contribution is 2.49. The maximum absolute atomic E-state index is 12.2. The molecule has 20 aliphatic rings. The van der Waals surface area contributed by atoms with Crippen molar-refractivity contribution in [2.75, 3.05) is 298 Å². The fraction of sp³-hybridized carbons (Fsp3) is 0.865. The number of rotatable bonds is 0. The molecule has 10 spiro atoms. The second-order valence-corrected chi connectivity index (χ2v) is 46.7. The number of likely N-dealkylation sites (N-methyl/N-ethyl adjacent to an activating group) is 8. The minimum Gasteiger partial charge on any atom is -0.471 e. The summed E-state index contributed by atoms with van der Waals surface area (Å²) in [5.41, 5.74) is 2.87. The fourth-order valence-electron chi connectivity index (χ4n) is 24.1. The molecule has 2 saturated carbocycles. The van der Waals surface area contributed by atoms with Gasteiger partial charge in [0.05, 0.1) is 37.6 Å². The summed E-state index contributed by atoms with van der Waals surface area (Å²) in [6.45, 7) is 45.5. The van der Waals surface area contributed by atoms with Crippen LogP contribution >= 0.6 is 0 Å². The van der Waals surface area contributed by atoms with Crippen molar-refractivity contribution >= 4 is 47.6 Å². The first-order valence-electron chi connectivity index (χ1n) is 52.2. The molecule has 18 heterocycles. The normalized spacial score (nSPS) is 28.8. The Bertz CT molecular complexity index is 3710. The highest BCUT2D eigenvalue weighted by Gasteiger charge is 2.57. The molecular weight excluding hydrogens is 1720 g/mol. The summed E-state index contributed by atoms with van der Waals surface area (Å²) < 4.78 is 22.7. The molecule has 0 bridgehead atoms. The van der Waals surface area contributed by atoms with Crippen molar-refractivity contribution < 1.29 is 57.3 Å². The maximum Gasteiger partial charge on any atom is 0.410 e. The SMILES string of the molecule is C=C1COC2(CCN(C)CC2)CN1C.C=C1N(C)C(=O)C2(CCN(C)CC2)N1C.C=C1OC2(CCN(C)CC2)CN1C.CC1=NOC2(CCN(C)CC2)C1.CC1CCC2(CC1)CCN(C)CC2.CC1CCC2(CC1)CN(C)C(=O)O2.CN1CCC2(CC1)C(=O)N(C)C(=O)N2C.CN1CCC2(CC1)CC(=O)N(C)C(=O)C2.CN1CCC2(CC1)CCN(C)CC2.CN1CCC2(CC1)CN(C)C(=O)O2. The first-order valence-corrected chi connectivity index (χ1v) is 52.2. The lowest BCUT2D eigenvalue weighted by Gasteiger charge is -2.47. The van der Waals surface area contributed by atoms with Crippen molar-refractivity contribution in [2.45, 2.75) is 259 Å². The van der Waals surface area contributed by atoms with Crippen LogP contribution in [0.3, 0.4) is 0 Å². The van der Waals surface area contributed by atoms with E-state index in [1.807, 2.05) is 35.1 Å². The number of imide groups is 2. The Morgan fingerprint density at radius 2 is 0.596 bits per heavy atom. The minimum atomic E-state index is -0.557. The number of hydrogen-bond donors (Lipinski definition) is 0. The molecule has 2 aliphatic carbocycles. The Kier molecular flexibility index (Phi) is 37.8. The van der Waals surface area contributed by atoms with E-state index in [9.17, 15) is 33.6 Å². The van der Waals surface area contributed by atoms with Crippen LogP contribution in [0.4, 0.5) is 14.4 Å². The average Bonchev–Trinajstić information content (AvgIpc) is 1.59. The number of ether oxygens (including phenoxy) is 4. The molecule has 0 unspecified atom stereocenters. The summed E-state index contributed by atoms with van der Waals surface area (Å²) in [7, 11) is 38.1. The number of amides is 8. The van der Waals surface area contributed by atoms with Gasteiger partial charge < -0.3 is 107 Å². The molecule has 32 heteroatoms. The first kappa shape index (κ1) is 110. The van der Waals surface area contributed by atoms with Crippen molar-refractivity contribution in [3.8, 4) is 0 Å². The summed E-state index contributed by atoms with van der Waals surface area (Å²) in [5, 5.41) is 4.04. The molecule has 136 heavy (non-hydrogen) atoms. The van der Waals surface area contributed by atoms with Crippen molar-refractivity contribution in [1.29, 1.82) is 0 Å². The van der Waals surface area contributed by atoms with E-state index >= 15 is 0 Å².